The zero-order chi connectivity index (χ0) is 11.5. The Balaban J connectivity index is 2.27. The minimum absolute atomic E-state index is 0.0125. The second-order valence-electron chi connectivity index (χ2n) is 4.30. The Morgan fingerprint density at radius 2 is 2.20 bits per heavy atom. The average molecular weight is 214 g/mol. The van der Waals surface area contributed by atoms with Crippen LogP contribution in [0.1, 0.15) is 26.7 Å². The van der Waals surface area contributed by atoms with E-state index in [4.69, 9.17) is 0 Å². The Bertz CT molecular complexity index is 263. The monoisotopic (exact) mass is 214 g/mol. The topological polar surface area (TPSA) is 69.6 Å². The van der Waals surface area contributed by atoms with Gasteiger partial charge in [-0.05, 0) is 13.3 Å². The van der Waals surface area contributed by atoms with Gasteiger partial charge in [-0.2, -0.15) is 0 Å². The molecule has 2 N–H and O–H groups in total. The molecule has 0 spiro atoms. The summed E-state index contributed by atoms with van der Waals surface area (Å²) in [7, 11) is 0. The summed E-state index contributed by atoms with van der Waals surface area (Å²) in [5.41, 5.74) is -0.746. The molecule has 0 bridgehead atoms. The molecule has 1 atom stereocenters. The Morgan fingerprint density at radius 3 is 2.67 bits per heavy atom. The predicted octanol–water partition coefficient (Wildman–Crippen LogP) is -0.504. The van der Waals surface area contributed by atoms with E-state index in [1.165, 1.54) is 6.92 Å². The molecule has 15 heavy (non-hydrogen) atoms. The zero-order valence-corrected chi connectivity index (χ0v) is 9.25. The van der Waals surface area contributed by atoms with Crippen LogP contribution in [0.2, 0.25) is 0 Å². The predicted molar refractivity (Wildman–Crippen MR) is 55.1 cm³/mol. The summed E-state index contributed by atoms with van der Waals surface area (Å²) in [5, 5.41) is 12.2. The number of β-amino-alcohol motifs (C(OH)–C–C–N with tert-alkyl or cyclic N) is 1. The number of nitrogens with one attached hydrogen (secondary N) is 1. The molecule has 0 aromatic rings. The minimum atomic E-state index is -0.746. The van der Waals surface area contributed by atoms with Crippen molar-refractivity contribution in [1.29, 1.82) is 0 Å². The van der Waals surface area contributed by atoms with Crippen molar-refractivity contribution in [3.05, 3.63) is 0 Å². The lowest BCUT2D eigenvalue weighted by atomic mass is 10.1. The van der Waals surface area contributed by atoms with E-state index in [9.17, 15) is 14.7 Å². The van der Waals surface area contributed by atoms with Crippen LogP contribution in [0.5, 0.6) is 0 Å². The molecule has 1 heterocycles. The Hall–Kier alpha value is -1.10. The van der Waals surface area contributed by atoms with Crippen LogP contribution in [0.15, 0.2) is 0 Å². The van der Waals surface area contributed by atoms with E-state index in [-0.39, 0.29) is 11.8 Å². The fourth-order valence-corrected chi connectivity index (χ4v) is 1.66. The lowest BCUT2D eigenvalue weighted by Gasteiger charge is -2.18. The number of hydrogen-bond acceptors (Lipinski definition) is 3. The smallest absolute Gasteiger partial charge is 0.224 e. The van der Waals surface area contributed by atoms with E-state index in [0.29, 0.717) is 32.5 Å². The molecule has 86 valence electrons. The minimum Gasteiger partial charge on any atom is -0.388 e. The number of carbonyl (C=O) groups excluding carboxylic acids is 2. The van der Waals surface area contributed by atoms with Gasteiger partial charge in [0.15, 0.2) is 0 Å². The number of aliphatic hydroxyl groups is 1. The first-order chi connectivity index (χ1) is 6.91. The molecule has 1 saturated heterocycles. The summed E-state index contributed by atoms with van der Waals surface area (Å²) in [6.45, 7) is 4.52. The van der Waals surface area contributed by atoms with Crippen LogP contribution in [0, 0.1) is 0 Å². The normalized spacial score (nSPS) is 25.4. The van der Waals surface area contributed by atoms with Gasteiger partial charge in [-0.15, -0.1) is 0 Å². The average Bonchev–Trinajstić information content (AvgIpc) is 2.45. The van der Waals surface area contributed by atoms with Gasteiger partial charge in [0.25, 0.3) is 0 Å². The number of likely N-dealkylation sites (tertiary alicyclic amines) is 1. The van der Waals surface area contributed by atoms with Gasteiger partial charge in [-0.25, -0.2) is 0 Å². The highest BCUT2D eigenvalue weighted by molar-refractivity contribution is 5.78. The second-order valence-corrected chi connectivity index (χ2v) is 4.30. The molecule has 0 radical (unpaired) electrons. The maximum absolute atomic E-state index is 11.6. The summed E-state index contributed by atoms with van der Waals surface area (Å²) < 4.78 is 0. The molecular weight excluding hydrogens is 196 g/mol. The van der Waals surface area contributed by atoms with Crippen LogP contribution in [0.4, 0.5) is 0 Å². The molecule has 1 aliphatic rings. The first kappa shape index (κ1) is 12.0. The van der Waals surface area contributed by atoms with Crippen LogP contribution in [-0.2, 0) is 9.59 Å². The highest BCUT2D eigenvalue weighted by Crippen LogP contribution is 2.20. The van der Waals surface area contributed by atoms with E-state index >= 15 is 0 Å². The fourth-order valence-electron chi connectivity index (χ4n) is 1.66. The van der Waals surface area contributed by atoms with Gasteiger partial charge < -0.3 is 15.3 Å². The maximum atomic E-state index is 11.6. The van der Waals surface area contributed by atoms with Gasteiger partial charge in [0, 0.05) is 33.0 Å². The van der Waals surface area contributed by atoms with Crippen molar-refractivity contribution in [2.45, 2.75) is 32.3 Å². The first-order valence-corrected chi connectivity index (χ1v) is 5.15. The third-order valence-electron chi connectivity index (χ3n) is 2.52. The molecule has 0 aromatic carbocycles. The zero-order valence-electron chi connectivity index (χ0n) is 9.25. The molecule has 1 unspecified atom stereocenters. The third-order valence-corrected chi connectivity index (χ3v) is 2.52. The van der Waals surface area contributed by atoms with Crippen molar-refractivity contribution in [2.24, 2.45) is 0 Å². The number of rotatable bonds is 3. The lowest BCUT2D eigenvalue weighted by molar-refractivity contribution is -0.131. The number of carbonyl (C=O) groups is 2. The third kappa shape index (κ3) is 3.87. The van der Waals surface area contributed by atoms with Crippen molar-refractivity contribution < 1.29 is 14.7 Å². The van der Waals surface area contributed by atoms with Gasteiger partial charge in [0.2, 0.25) is 11.8 Å². The van der Waals surface area contributed by atoms with Crippen molar-refractivity contribution in [3.63, 3.8) is 0 Å². The number of nitrogens with zero attached hydrogens (tertiary/aromatic N) is 1. The number of amides is 2. The van der Waals surface area contributed by atoms with Gasteiger partial charge in [0.05, 0.1) is 5.60 Å². The molecule has 1 aliphatic heterocycles. The second kappa shape index (κ2) is 4.61. The largest absolute Gasteiger partial charge is 0.388 e. The van der Waals surface area contributed by atoms with Gasteiger partial charge in [-0.3, -0.25) is 9.59 Å². The Kier molecular flexibility index (Phi) is 3.68. The Morgan fingerprint density at radius 1 is 1.53 bits per heavy atom. The van der Waals surface area contributed by atoms with Gasteiger partial charge >= 0.3 is 0 Å². The van der Waals surface area contributed by atoms with Crippen molar-refractivity contribution in [3.8, 4) is 0 Å². The maximum Gasteiger partial charge on any atom is 0.224 e. The molecule has 0 aliphatic carbocycles. The van der Waals surface area contributed by atoms with E-state index in [1.807, 2.05) is 0 Å². The molecule has 0 saturated carbocycles. The van der Waals surface area contributed by atoms with Crippen LogP contribution >= 0.6 is 0 Å². The molecule has 5 nitrogen and oxygen atoms in total. The fraction of sp³-hybridized carbons (Fsp3) is 0.800. The first-order valence-electron chi connectivity index (χ1n) is 5.15. The summed E-state index contributed by atoms with van der Waals surface area (Å²) in [5.74, 6) is -0.141. The molecule has 1 rings (SSSR count). The SMILES string of the molecule is CC(=O)NCCC(=O)N1CCC(C)(O)C1. The summed E-state index contributed by atoms with van der Waals surface area (Å²) in [6, 6.07) is 0. The van der Waals surface area contributed by atoms with E-state index < -0.39 is 5.60 Å². The molecule has 2 amide bonds. The molecule has 0 aromatic heterocycles. The quantitative estimate of drug-likeness (QED) is 0.665. The summed E-state index contributed by atoms with van der Waals surface area (Å²) >= 11 is 0. The van der Waals surface area contributed by atoms with Crippen LogP contribution in [-0.4, -0.2) is 47.1 Å². The highest BCUT2D eigenvalue weighted by atomic mass is 16.3. The molecule has 5 heteroatoms. The standard InChI is InChI=1S/C10H18N2O3/c1-8(13)11-5-3-9(14)12-6-4-10(2,15)7-12/h15H,3-7H2,1-2H3,(H,11,13). The van der Waals surface area contributed by atoms with Crippen molar-refractivity contribution >= 4 is 11.8 Å². The van der Waals surface area contributed by atoms with E-state index in [2.05, 4.69) is 5.32 Å². The Labute approximate surface area is 89.4 Å². The lowest BCUT2D eigenvalue weighted by Crippen LogP contribution is -2.35. The van der Waals surface area contributed by atoms with Gasteiger partial charge in [-0.1, -0.05) is 0 Å². The van der Waals surface area contributed by atoms with Crippen molar-refractivity contribution in [2.75, 3.05) is 19.6 Å². The van der Waals surface area contributed by atoms with Gasteiger partial charge in [0.1, 0.15) is 0 Å². The molecule has 1 fully saturated rings. The van der Waals surface area contributed by atoms with E-state index in [0.717, 1.165) is 0 Å². The number of hydrogen-bond donors (Lipinski definition) is 2. The molecular formula is C10H18N2O3. The van der Waals surface area contributed by atoms with Crippen LogP contribution in [0.25, 0.3) is 0 Å². The van der Waals surface area contributed by atoms with E-state index in [1.54, 1.807) is 11.8 Å². The van der Waals surface area contributed by atoms with Crippen LogP contribution in [0.3, 0.4) is 0 Å². The van der Waals surface area contributed by atoms with Crippen LogP contribution < -0.4 is 5.32 Å². The highest BCUT2D eigenvalue weighted by Gasteiger charge is 2.33. The van der Waals surface area contributed by atoms with Crippen molar-refractivity contribution in [1.82, 2.24) is 10.2 Å². The summed E-state index contributed by atoms with van der Waals surface area (Å²) in [6.07, 6.45) is 0.925. The summed E-state index contributed by atoms with van der Waals surface area (Å²) in [4.78, 5) is 23.8.